The Kier molecular flexibility index (Phi) is 8.08. The summed E-state index contributed by atoms with van der Waals surface area (Å²) < 4.78 is 8.05. The molecule has 9 nitrogen and oxygen atoms in total. The quantitative estimate of drug-likeness (QED) is 0.165. The molecule has 0 radical (unpaired) electrons. The molecule has 0 fully saturated rings. The Bertz CT molecular complexity index is 1890. The monoisotopic (exact) mass is 744 g/mol. The van der Waals surface area contributed by atoms with E-state index < -0.39 is 6.17 Å². The van der Waals surface area contributed by atoms with Gasteiger partial charge >= 0.3 is 0 Å². The molecule has 16 heteroatoms. The van der Waals surface area contributed by atoms with E-state index in [-0.39, 0.29) is 26.0 Å². The Morgan fingerprint density at radius 2 is 1.71 bits per heavy atom. The predicted octanol–water partition coefficient (Wildman–Crippen LogP) is 9.06. The molecule has 1 aliphatic heterocycles. The maximum Gasteiger partial charge on any atom is 0.248 e. The van der Waals surface area contributed by atoms with E-state index in [1.165, 1.54) is 12.4 Å². The van der Waals surface area contributed by atoms with Crippen molar-refractivity contribution in [3.05, 3.63) is 95.2 Å². The maximum absolute atomic E-state index is 7.04. The summed E-state index contributed by atoms with van der Waals surface area (Å²) >= 11 is 42.5. The van der Waals surface area contributed by atoms with Gasteiger partial charge in [0.2, 0.25) is 5.88 Å². The van der Waals surface area contributed by atoms with Crippen LogP contribution in [0.25, 0.3) is 28.3 Å². The third-order valence-corrected chi connectivity index (χ3v) is 8.90. The minimum atomic E-state index is -0.580. The summed E-state index contributed by atoms with van der Waals surface area (Å²) in [5.74, 6) is 0.408. The van der Waals surface area contributed by atoms with Gasteiger partial charge in [0.05, 0.1) is 43.4 Å². The topological polar surface area (TPSA) is 89.0 Å². The van der Waals surface area contributed by atoms with Crippen molar-refractivity contribution in [2.24, 2.45) is 7.05 Å². The second-order valence-corrected chi connectivity index (χ2v) is 12.3. The molecule has 1 unspecified atom stereocenters. The number of rotatable bonds is 5. The fraction of sp³-hybridized carbons (Fsp3) is 0.115. The first-order valence-corrected chi connectivity index (χ1v) is 15.0. The molecule has 5 aromatic heterocycles. The molecular formula is C26H15BrCl6N8O. The Balaban J connectivity index is 1.52. The van der Waals surface area contributed by atoms with Gasteiger partial charge in [0.15, 0.2) is 0 Å². The van der Waals surface area contributed by atoms with Crippen molar-refractivity contribution in [3.8, 4) is 22.6 Å². The summed E-state index contributed by atoms with van der Waals surface area (Å²) in [5, 5.41) is 10.3. The zero-order valence-corrected chi connectivity index (χ0v) is 27.4. The average Bonchev–Trinajstić information content (AvgIpc) is 3.64. The largest absolute Gasteiger partial charge is 0.354 e. The van der Waals surface area contributed by atoms with Crippen molar-refractivity contribution < 1.29 is 4.52 Å². The fourth-order valence-electron chi connectivity index (χ4n) is 4.68. The minimum absolute atomic E-state index is 0.173. The highest BCUT2D eigenvalue weighted by atomic mass is 79.9. The van der Waals surface area contributed by atoms with Gasteiger partial charge in [-0.2, -0.15) is 5.10 Å². The molecule has 0 N–H and O–H groups in total. The van der Waals surface area contributed by atoms with Crippen LogP contribution < -0.4 is 4.90 Å². The second kappa shape index (κ2) is 11.5. The smallest absolute Gasteiger partial charge is 0.248 e. The molecule has 0 amide bonds. The highest BCUT2D eigenvalue weighted by molar-refractivity contribution is 9.10. The van der Waals surface area contributed by atoms with Crippen LogP contribution in [-0.4, -0.2) is 41.8 Å². The van der Waals surface area contributed by atoms with Gasteiger partial charge in [0.1, 0.15) is 32.3 Å². The van der Waals surface area contributed by atoms with E-state index in [1.54, 1.807) is 29.1 Å². The van der Waals surface area contributed by atoms with Gasteiger partial charge in [0, 0.05) is 43.8 Å². The summed E-state index contributed by atoms with van der Waals surface area (Å²) in [6.45, 7) is 0. The standard InChI is InChI=1S/C26H15BrCl6N8O/c1-39-10-18(17-7-16(38-40(17)2)12-5-11(28)8-35-24(12)33)41(26-14(27)9-36-42-26)25(39)13-6-19(30)37-23(20(13)31)22-21(32)15(29)3-4-34-22/h3-10,25H,1-2H3. The Hall–Kier alpha value is -2.57. The van der Waals surface area contributed by atoms with Crippen molar-refractivity contribution in [2.75, 3.05) is 11.9 Å². The Labute approximate surface area is 277 Å². The minimum Gasteiger partial charge on any atom is -0.354 e. The van der Waals surface area contributed by atoms with Gasteiger partial charge in [-0.05, 0) is 40.2 Å². The average molecular weight is 748 g/mol. The summed E-state index contributed by atoms with van der Waals surface area (Å²) in [6, 6.07) is 6.83. The SMILES string of the molecule is CN1C=C(c2cc(-c3cc(Cl)cnc3Cl)nn2C)N(c2oncc2Br)C1c1cc(Cl)nc(-c2nccc(Cl)c2Cl)c1Cl. The molecule has 0 saturated carbocycles. The lowest BCUT2D eigenvalue weighted by Crippen LogP contribution is -2.30. The number of halogens is 7. The number of anilines is 1. The first-order valence-electron chi connectivity index (χ1n) is 11.9. The Morgan fingerprint density at radius 1 is 0.929 bits per heavy atom. The van der Waals surface area contributed by atoms with Crippen molar-refractivity contribution >= 4 is 97.1 Å². The van der Waals surface area contributed by atoms with Crippen LogP contribution in [-0.2, 0) is 7.05 Å². The first-order chi connectivity index (χ1) is 20.0. The normalized spacial score (nSPS) is 15.1. The van der Waals surface area contributed by atoms with E-state index in [1.807, 2.05) is 36.2 Å². The molecule has 0 aliphatic carbocycles. The van der Waals surface area contributed by atoms with Gasteiger partial charge in [-0.1, -0.05) is 74.8 Å². The lowest BCUT2D eigenvalue weighted by atomic mass is 10.1. The Morgan fingerprint density at radius 3 is 2.45 bits per heavy atom. The maximum atomic E-state index is 7.04. The lowest BCUT2D eigenvalue weighted by molar-refractivity contribution is 0.343. The first kappa shape index (κ1) is 29.5. The van der Waals surface area contributed by atoms with Crippen LogP contribution >= 0.6 is 85.5 Å². The third kappa shape index (κ3) is 5.13. The molecule has 0 spiro atoms. The fourth-order valence-corrected chi connectivity index (χ4v) is 6.21. The zero-order chi connectivity index (χ0) is 29.9. The molecule has 6 rings (SSSR count). The van der Waals surface area contributed by atoms with Gasteiger partial charge in [-0.3, -0.25) is 14.6 Å². The molecule has 1 atom stereocenters. The molecule has 214 valence electrons. The van der Waals surface area contributed by atoms with Gasteiger partial charge in [-0.15, -0.1) is 0 Å². The number of hydrogen-bond donors (Lipinski definition) is 0. The molecular weight excluding hydrogens is 733 g/mol. The van der Waals surface area contributed by atoms with Crippen LogP contribution in [0, 0.1) is 0 Å². The lowest BCUT2D eigenvalue weighted by Gasteiger charge is -2.31. The summed E-state index contributed by atoms with van der Waals surface area (Å²) in [7, 11) is 3.70. The van der Waals surface area contributed by atoms with E-state index in [0.29, 0.717) is 48.6 Å². The van der Waals surface area contributed by atoms with E-state index in [9.17, 15) is 0 Å². The summed E-state index contributed by atoms with van der Waals surface area (Å²) in [5.41, 5.74) is 3.74. The van der Waals surface area contributed by atoms with Crippen molar-refractivity contribution in [3.63, 3.8) is 0 Å². The van der Waals surface area contributed by atoms with Crippen LogP contribution in [0.3, 0.4) is 0 Å². The van der Waals surface area contributed by atoms with Crippen LogP contribution in [0.15, 0.2) is 58.1 Å². The van der Waals surface area contributed by atoms with Crippen LogP contribution in [0.1, 0.15) is 17.4 Å². The number of hydrogen-bond acceptors (Lipinski definition) is 8. The van der Waals surface area contributed by atoms with E-state index in [4.69, 9.17) is 74.1 Å². The third-order valence-electron chi connectivity index (χ3n) is 6.47. The molecule has 0 bridgehead atoms. The number of pyridine rings is 3. The second-order valence-electron chi connectivity index (χ2n) is 9.08. The van der Waals surface area contributed by atoms with E-state index in [2.05, 4.69) is 41.1 Å². The van der Waals surface area contributed by atoms with Crippen LogP contribution in [0.2, 0.25) is 30.4 Å². The van der Waals surface area contributed by atoms with Gasteiger partial charge in [-0.25, -0.2) is 9.97 Å². The molecule has 1 aliphatic rings. The highest BCUT2D eigenvalue weighted by Crippen LogP contribution is 2.48. The highest BCUT2D eigenvalue weighted by Gasteiger charge is 2.40. The van der Waals surface area contributed by atoms with Crippen molar-refractivity contribution in [1.82, 2.24) is 34.8 Å². The predicted molar refractivity (Wildman–Crippen MR) is 169 cm³/mol. The van der Waals surface area contributed by atoms with E-state index in [0.717, 1.165) is 5.69 Å². The summed E-state index contributed by atoms with van der Waals surface area (Å²) in [4.78, 5) is 16.8. The van der Waals surface area contributed by atoms with Crippen molar-refractivity contribution in [2.45, 2.75) is 6.17 Å². The number of aromatic nitrogens is 6. The van der Waals surface area contributed by atoms with Crippen LogP contribution in [0.5, 0.6) is 0 Å². The number of aryl methyl sites for hydroxylation is 1. The van der Waals surface area contributed by atoms with E-state index >= 15 is 0 Å². The number of nitrogens with zero attached hydrogens (tertiary/aromatic N) is 8. The molecule has 5 aromatic rings. The summed E-state index contributed by atoms with van der Waals surface area (Å²) in [6.07, 6.45) is 5.89. The van der Waals surface area contributed by atoms with Crippen molar-refractivity contribution in [1.29, 1.82) is 0 Å². The zero-order valence-electron chi connectivity index (χ0n) is 21.3. The molecule has 0 aromatic carbocycles. The van der Waals surface area contributed by atoms with Gasteiger partial charge < -0.3 is 9.42 Å². The molecule has 42 heavy (non-hydrogen) atoms. The van der Waals surface area contributed by atoms with Crippen LogP contribution in [0.4, 0.5) is 5.88 Å². The molecule has 6 heterocycles. The molecule has 0 saturated heterocycles. The van der Waals surface area contributed by atoms with Gasteiger partial charge in [0.25, 0.3) is 0 Å².